The highest BCUT2D eigenvalue weighted by atomic mass is 16.5. The van der Waals surface area contributed by atoms with Crippen LogP contribution < -0.4 is 16.1 Å². The molecule has 0 aliphatic rings. The summed E-state index contributed by atoms with van der Waals surface area (Å²) in [4.78, 5) is 7.21. The number of ether oxygens (including phenoxy) is 1. The summed E-state index contributed by atoms with van der Waals surface area (Å²) in [6.07, 6.45) is 1.88. The molecule has 7 heteroatoms. The quantitative estimate of drug-likeness (QED) is 0.457. The molecule has 0 spiro atoms. The van der Waals surface area contributed by atoms with Gasteiger partial charge in [0.2, 0.25) is 5.95 Å². The van der Waals surface area contributed by atoms with Gasteiger partial charge in [0.25, 0.3) is 5.62 Å². The van der Waals surface area contributed by atoms with Crippen molar-refractivity contribution in [2.24, 2.45) is 0 Å². The summed E-state index contributed by atoms with van der Waals surface area (Å²) in [6, 6.07) is 0.0197. The van der Waals surface area contributed by atoms with Gasteiger partial charge in [-0.05, 0) is 6.42 Å². The molecule has 1 heterocycles. The Hall–Kier alpha value is -1.79. The van der Waals surface area contributed by atoms with Gasteiger partial charge >= 0.3 is 6.01 Å². The standard InChI is InChI=1S/C7H13N5O2/c1-2-3-4-14-7-10-5(8)12(13)6(9)11-7/h13H,2-4H2,1H3,(H3,8,9,10,11). The molecular formula is C7H13N5O2. The van der Waals surface area contributed by atoms with E-state index in [1.54, 1.807) is 0 Å². The van der Waals surface area contributed by atoms with Crippen LogP contribution in [-0.2, 0) is 0 Å². The SMILES string of the molecule is CCCCOc1nc(N)n(O)c(=N)n1. The number of aromatic nitrogens is 3. The van der Waals surface area contributed by atoms with Gasteiger partial charge in [0, 0.05) is 0 Å². The van der Waals surface area contributed by atoms with E-state index in [1.807, 2.05) is 6.92 Å². The van der Waals surface area contributed by atoms with Crippen molar-refractivity contribution in [3.05, 3.63) is 5.62 Å². The molecule has 0 aliphatic heterocycles. The Morgan fingerprint density at radius 2 is 2.29 bits per heavy atom. The summed E-state index contributed by atoms with van der Waals surface area (Å²) in [5, 5.41) is 16.2. The fraction of sp³-hybridized carbons (Fsp3) is 0.571. The summed E-state index contributed by atoms with van der Waals surface area (Å²) in [7, 11) is 0. The molecule has 4 N–H and O–H groups in total. The predicted molar refractivity (Wildman–Crippen MR) is 47.9 cm³/mol. The first-order chi connectivity index (χ1) is 6.65. The molecular weight excluding hydrogens is 186 g/mol. The minimum atomic E-state index is -0.399. The van der Waals surface area contributed by atoms with Crippen molar-refractivity contribution in [2.75, 3.05) is 12.3 Å². The highest BCUT2D eigenvalue weighted by Gasteiger charge is 2.03. The normalized spacial score (nSPS) is 10.1. The zero-order valence-corrected chi connectivity index (χ0v) is 7.90. The van der Waals surface area contributed by atoms with Crippen LogP contribution in [0.5, 0.6) is 6.01 Å². The number of anilines is 1. The van der Waals surface area contributed by atoms with E-state index >= 15 is 0 Å². The van der Waals surface area contributed by atoms with Crippen molar-refractivity contribution in [1.29, 1.82) is 5.41 Å². The van der Waals surface area contributed by atoms with Crippen LogP contribution in [0, 0.1) is 5.41 Å². The predicted octanol–water partition coefficient (Wildman–Crippen LogP) is -0.244. The maximum absolute atomic E-state index is 9.03. The van der Waals surface area contributed by atoms with E-state index in [2.05, 4.69) is 9.97 Å². The fourth-order valence-electron chi connectivity index (χ4n) is 0.789. The van der Waals surface area contributed by atoms with E-state index in [4.69, 9.17) is 21.1 Å². The van der Waals surface area contributed by atoms with Gasteiger partial charge in [0.05, 0.1) is 6.61 Å². The highest BCUT2D eigenvalue weighted by Crippen LogP contribution is 2.01. The van der Waals surface area contributed by atoms with Crippen molar-refractivity contribution in [2.45, 2.75) is 19.8 Å². The molecule has 0 aromatic carbocycles. The van der Waals surface area contributed by atoms with E-state index in [1.165, 1.54) is 0 Å². The summed E-state index contributed by atoms with van der Waals surface area (Å²) in [6.45, 7) is 2.51. The molecule has 0 bridgehead atoms. The molecule has 78 valence electrons. The maximum atomic E-state index is 9.03. The van der Waals surface area contributed by atoms with Crippen LogP contribution in [0.1, 0.15) is 19.8 Å². The van der Waals surface area contributed by atoms with Crippen LogP contribution in [-0.4, -0.2) is 26.5 Å². The number of nitrogens with one attached hydrogen (secondary N) is 1. The lowest BCUT2D eigenvalue weighted by molar-refractivity contribution is 0.162. The minimum absolute atomic E-state index is 0.0197. The third-order valence-corrected chi connectivity index (χ3v) is 1.56. The number of nitrogen functional groups attached to an aromatic ring is 1. The first-order valence-electron chi connectivity index (χ1n) is 4.28. The zero-order chi connectivity index (χ0) is 10.6. The molecule has 1 aromatic heterocycles. The van der Waals surface area contributed by atoms with Gasteiger partial charge in [-0.15, -0.1) is 4.73 Å². The van der Waals surface area contributed by atoms with Crippen molar-refractivity contribution in [1.82, 2.24) is 14.7 Å². The summed E-state index contributed by atoms with van der Waals surface area (Å²) < 4.78 is 5.50. The first kappa shape index (κ1) is 10.3. The van der Waals surface area contributed by atoms with Crippen LogP contribution >= 0.6 is 0 Å². The van der Waals surface area contributed by atoms with Crippen LogP contribution in [0.3, 0.4) is 0 Å². The Morgan fingerprint density at radius 1 is 1.57 bits per heavy atom. The number of hydrogen-bond acceptors (Lipinski definition) is 6. The van der Waals surface area contributed by atoms with Crippen molar-refractivity contribution in [3.63, 3.8) is 0 Å². The van der Waals surface area contributed by atoms with E-state index in [0.717, 1.165) is 12.8 Å². The van der Waals surface area contributed by atoms with Gasteiger partial charge in [-0.2, -0.15) is 9.97 Å². The number of nitrogens with zero attached hydrogens (tertiary/aromatic N) is 3. The van der Waals surface area contributed by atoms with Gasteiger partial charge in [-0.1, -0.05) is 13.3 Å². The largest absolute Gasteiger partial charge is 0.463 e. The maximum Gasteiger partial charge on any atom is 0.323 e. The van der Waals surface area contributed by atoms with Crippen LogP contribution in [0.15, 0.2) is 0 Å². The van der Waals surface area contributed by atoms with Crippen molar-refractivity contribution in [3.8, 4) is 6.01 Å². The van der Waals surface area contributed by atoms with Crippen LogP contribution in [0.4, 0.5) is 5.95 Å². The molecule has 0 saturated heterocycles. The van der Waals surface area contributed by atoms with E-state index in [9.17, 15) is 0 Å². The Kier molecular flexibility index (Phi) is 3.27. The molecule has 0 unspecified atom stereocenters. The monoisotopic (exact) mass is 199 g/mol. The van der Waals surface area contributed by atoms with Gasteiger partial charge in [0.15, 0.2) is 0 Å². The molecule has 0 radical (unpaired) electrons. The highest BCUT2D eigenvalue weighted by molar-refractivity contribution is 5.15. The second-order valence-electron chi connectivity index (χ2n) is 2.70. The number of rotatable bonds is 4. The number of unbranched alkanes of at least 4 members (excludes halogenated alkanes) is 1. The summed E-state index contributed by atoms with van der Waals surface area (Å²) >= 11 is 0. The van der Waals surface area contributed by atoms with Gasteiger partial charge in [0.1, 0.15) is 0 Å². The van der Waals surface area contributed by atoms with Crippen molar-refractivity contribution < 1.29 is 9.94 Å². The van der Waals surface area contributed by atoms with Gasteiger partial charge in [-0.25, -0.2) is 0 Å². The van der Waals surface area contributed by atoms with Crippen LogP contribution in [0.2, 0.25) is 0 Å². The molecule has 0 aliphatic carbocycles. The van der Waals surface area contributed by atoms with E-state index in [-0.39, 0.29) is 12.0 Å². The lowest BCUT2D eigenvalue weighted by Crippen LogP contribution is -2.26. The third-order valence-electron chi connectivity index (χ3n) is 1.56. The number of nitrogens with two attached hydrogens (primary N) is 1. The molecule has 0 atom stereocenters. The zero-order valence-electron chi connectivity index (χ0n) is 7.90. The summed E-state index contributed by atoms with van der Waals surface area (Å²) in [5.41, 5.74) is 4.89. The first-order valence-corrected chi connectivity index (χ1v) is 4.28. The lowest BCUT2D eigenvalue weighted by atomic mass is 10.4. The Bertz CT molecular complexity index is 362. The van der Waals surface area contributed by atoms with Crippen LogP contribution in [0.25, 0.3) is 0 Å². The molecule has 0 fully saturated rings. The fourth-order valence-corrected chi connectivity index (χ4v) is 0.789. The average Bonchev–Trinajstić information content (AvgIpc) is 2.14. The lowest BCUT2D eigenvalue weighted by Gasteiger charge is -2.05. The second kappa shape index (κ2) is 4.45. The third kappa shape index (κ3) is 2.35. The second-order valence-corrected chi connectivity index (χ2v) is 2.70. The topological polar surface area (TPSA) is 110 Å². The number of hydrogen-bond donors (Lipinski definition) is 3. The Labute approximate surface area is 80.6 Å². The smallest absolute Gasteiger partial charge is 0.323 e. The molecule has 0 saturated carbocycles. The summed E-state index contributed by atoms with van der Waals surface area (Å²) in [5.74, 6) is -0.212. The van der Waals surface area contributed by atoms with Crippen molar-refractivity contribution >= 4 is 5.95 Å². The van der Waals surface area contributed by atoms with Gasteiger partial charge < -0.3 is 15.7 Å². The molecule has 1 rings (SSSR count). The van der Waals surface area contributed by atoms with E-state index in [0.29, 0.717) is 11.3 Å². The molecule has 1 aromatic rings. The average molecular weight is 199 g/mol. The molecule has 0 amide bonds. The molecule has 7 nitrogen and oxygen atoms in total. The minimum Gasteiger partial charge on any atom is -0.463 e. The Balaban J connectivity index is 2.75. The Morgan fingerprint density at radius 3 is 2.86 bits per heavy atom. The van der Waals surface area contributed by atoms with Gasteiger partial charge in [-0.3, -0.25) is 5.41 Å². The molecule has 14 heavy (non-hydrogen) atoms. The van der Waals surface area contributed by atoms with E-state index < -0.39 is 5.62 Å².